The van der Waals surface area contributed by atoms with Gasteiger partial charge in [0.05, 0.1) is 35.1 Å². The molecule has 2 aliphatic heterocycles. The van der Waals surface area contributed by atoms with Crippen molar-refractivity contribution in [3.05, 3.63) is 47.8 Å². The number of sulfone groups is 1. The van der Waals surface area contributed by atoms with E-state index in [1.807, 2.05) is 0 Å². The van der Waals surface area contributed by atoms with Gasteiger partial charge >= 0.3 is 6.09 Å². The van der Waals surface area contributed by atoms with E-state index in [0.717, 1.165) is 32.1 Å². The van der Waals surface area contributed by atoms with Gasteiger partial charge in [0, 0.05) is 13.2 Å². The molecular formula is C28H33FN6O7S. The first-order valence-corrected chi connectivity index (χ1v) is 15.5. The van der Waals surface area contributed by atoms with Crippen molar-refractivity contribution in [1.29, 1.82) is 0 Å². The molecule has 1 saturated heterocycles. The highest BCUT2D eigenvalue weighted by Crippen LogP contribution is 2.36. The molecule has 2 amide bonds. The molecule has 2 aliphatic rings. The number of benzene rings is 2. The summed E-state index contributed by atoms with van der Waals surface area (Å²) in [7, 11) is -4.27. The van der Waals surface area contributed by atoms with Crippen LogP contribution in [0.25, 0.3) is 11.4 Å². The van der Waals surface area contributed by atoms with Crippen molar-refractivity contribution >= 4 is 27.5 Å². The molecule has 0 spiro atoms. The fraction of sp³-hybridized carbons (Fsp3) is 0.464. The number of halogens is 1. The van der Waals surface area contributed by atoms with Crippen LogP contribution in [0.1, 0.15) is 39.2 Å². The minimum Gasteiger partial charge on any atom is -0.493 e. The van der Waals surface area contributed by atoms with Crippen molar-refractivity contribution in [3.63, 3.8) is 0 Å². The summed E-state index contributed by atoms with van der Waals surface area (Å²) in [4.78, 5) is 27.3. The molecule has 1 aromatic heterocycles. The molecule has 2 aromatic carbocycles. The van der Waals surface area contributed by atoms with Crippen LogP contribution in [0.2, 0.25) is 0 Å². The van der Waals surface area contributed by atoms with Gasteiger partial charge in [0.25, 0.3) is 5.91 Å². The van der Waals surface area contributed by atoms with E-state index in [1.165, 1.54) is 11.0 Å². The highest BCUT2D eigenvalue weighted by atomic mass is 32.2. The third-order valence-electron chi connectivity index (χ3n) is 6.99. The molecule has 0 bridgehead atoms. The normalized spacial score (nSPS) is 18.9. The summed E-state index contributed by atoms with van der Waals surface area (Å²) in [5, 5.41) is 15.7. The minimum atomic E-state index is -4.27. The first-order valence-electron chi connectivity index (χ1n) is 13.8. The highest BCUT2D eigenvalue weighted by Gasteiger charge is 2.40. The van der Waals surface area contributed by atoms with Gasteiger partial charge in [-0.05, 0) is 74.6 Å². The fourth-order valence-electron chi connectivity index (χ4n) is 4.86. The van der Waals surface area contributed by atoms with Gasteiger partial charge in [-0.2, -0.15) is 5.21 Å². The van der Waals surface area contributed by atoms with Crippen LogP contribution in [0.5, 0.6) is 5.75 Å². The van der Waals surface area contributed by atoms with Crippen LogP contribution >= 0.6 is 0 Å². The lowest BCUT2D eigenvalue weighted by Gasteiger charge is -2.27. The van der Waals surface area contributed by atoms with Crippen molar-refractivity contribution in [1.82, 2.24) is 25.9 Å². The maximum absolute atomic E-state index is 15.2. The molecule has 3 aromatic rings. The van der Waals surface area contributed by atoms with E-state index in [2.05, 4.69) is 25.9 Å². The number of fused-ring (bicyclic) bond motifs is 1. The number of alkyl carbamates (subject to hydrolysis) is 1. The summed E-state index contributed by atoms with van der Waals surface area (Å²) < 4.78 is 58.8. The standard InChI is InChI=1S/C28H33FN6O7S/c1-28(2,3)42-27(37)30-22-16-43(38,39)24-13-21(29)20(25-31-33-34-32-25)12-23(24)35(26(22)36)14-17-4-6-19(7-5-17)41-15-18-8-10-40-11-9-18/h4-7,12-13,18,22H,8-11,14-16H2,1-3H3,(H,30,37)(H,31,32,33,34)/t22-/m0/s1. The van der Waals surface area contributed by atoms with E-state index < -0.39 is 49.9 Å². The first kappa shape index (κ1) is 30.4. The van der Waals surface area contributed by atoms with Crippen LogP contribution in [0.3, 0.4) is 0 Å². The zero-order chi connectivity index (χ0) is 30.8. The Balaban J connectivity index is 1.47. The Hall–Kier alpha value is -4.11. The van der Waals surface area contributed by atoms with E-state index in [0.29, 0.717) is 23.8 Å². The Morgan fingerprint density at radius 3 is 2.56 bits per heavy atom. The summed E-state index contributed by atoms with van der Waals surface area (Å²) in [6.07, 6.45) is 0.904. The van der Waals surface area contributed by atoms with Crippen LogP contribution in [0, 0.1) is 11.7 Å². The number of aromatic amines is 1. The van der Waals surface area contributed by atoms with Crippen LogP contribution in [-0.2, 0) is 30.7 Å². The van der Waals surface area contributed by atoms with Gasteiger partial charge < -0.3 is 24.4 Å². The van der Waals surface area contributed by atoms with E-state index in [4.69, 9.17) is 14.2 Å². The Kier molecular flexibility index (Phi) is 8.64. The molecule has 0 radical (unpaired) electrons. The summed E-state index contributed by atoms with van der Waals surface area (Å²) in [6.45, 7) is 6.82. The van der Waals surface area contributed by atoms with Gasteiger partial charge in [0.1, 0.15) is 23.2 Å². The van der Waals surface area contributed by atoms with Gasteiger partial charge in [-0.25, -0.2) is 17.6 Å². The summed E-state index contributed by atoms with van der Waals surface area (Å²) in [5.41, 5.74) is -0.495. The highest BCUT2D eigenvalue weighted by molar-refractivity contribution is 7.91. The lowest BCUT2D eigenvalue weighted by Crippen LogP contribution is -2.51. The molecule has 3 heterocycles. The number of aromatic nitrogens is 4. The number of anilines is 1. The predicted octanol–water partition coefficient (Wildman–Crippen LogP) is 3.03. The Labute approximate surface area is 248 Å². The van der Waals surface area contributed by atoms with Crippen molar-refractivity contribution in [2.24, 2.45) is 5.92 Å². The van der Waals surface area contributed by atoms with Crippen LogP contribution in [0.15, 0.2) is 41.3 Å². The number of amides is 2. The second-order valence-electron chi connectivity index (χ2n) is 11.5. The third kappa shape index (κ3) is 7.28. The van der Waals surface area contributed by atoms with Crippen molar-refractivity contribution < 1.29 is 36.6 Å². The molecular weight excluding hydrogens is 583 g/mol. The van der Waals surface area contributed by atoms with Crippen molar-refractivity contribution in [3.8, 4) is 17.1 Å². The number of rotatable bonds is 7. The van der Waals surface area contributed by atoms with Crippen LogP contribution in [-0.4, -0.2) is 78.3 Å². The van der Waals surface area contributed by atoms with Gasteiger partial charge in [-0.15, -0.1) is 10.2 Å². The average molecular weight is 617 g/mol. The Morgan fingerprint density at radius 1 is 1.19 bits per heavy atom. The number of hydrogen-bond donors (Lipinski definition) is 2. The van der Waals surface area contributed by atoms with E-state index in [-0.39, 0.29) is 23.6 Å². The smallest absolute Gasteiger partial charge is 0.408 e. The third-order valence-corrected chi connectivity index (χ3v) is 8.76. The van der Waals surface area contributed by atoms with E-state index in [9.17, 15) is 18.0 Å². The largest absolute Gasteiger partial charge is 0.493 e. The van der Waals surface area contributed by atoms with Gasteiger partial charge in [-0.1, -0.05) is 12.1 Å². The number of tetrazole rings is 1. The summed E-state index contributed by atoms with van der Waals surface area (Å²) in [6, 6.07) is 7.57. The second-order valence-corrected chi connectivity index (χ2v) is 13.5. The monoisotopic (exact) mass is 616 g/mol. The summed E-state index contributed by atoms with van der Waals surface area (Å²) >= 11 is 0. The minimum absolute atomic E-state index is 0.0838. The van der Waals surface area contributed by atoms with E-state index in [1.54, 1.807) is 45.0 Å². The fourth-order valence-corrected chi connectivity index (χ4v) is 6.47. The number of hydrogen-bond acceptors (Lipinski definition) is 10. The number of H-pyrrole nitrogens is 1. The number of ether oxygens (including phenoxy) is 3. The zero-order valence-electron chi connectivity index (χ0n) is 24.0. The topological polar surface area (TPSA) is 166 Å². The Bertz CT molecular complexity index is 1570. The first-order chi connectivity index (χ1) is 20.4. The lowest BCUT2D eigenvalue weighted by molar-refractivity contribution is -0.120. The molecule has 15 heteroatoms. The Morgan fingerprint density at radius 2 is 1.91 bits per heavy atom. The number of carbonyl (C=O) groups excluding carboxylic acids is 2. The maximum atomic E-state index is 15.2. The van der Waals surface area contributed by atoms with Crippen molar-refractivity contribution in [2.75, 3.05) is 30.5 Å². The number of nitrogens with zero attached hydrogens (tertiary/aromatic N) is 4. The van der Waals surface area contributed by atoms with Gasteiger partial charge in [-0.3, -0.25) is 4.79 Å². The molecule has 0 aliphatic carbocycles. The zero-order valence-corrected chi connectivity index (χ0v) is 24.8. The molecule has 1 atom stereocenters. The van der Waals surface area contributed by atoms with Gasteiger partial charge in [0.2, 0.25) is 5.82 Å². The van der Waals surface area contributed by atoms with Crippen molar-refractivity contribution in [2.45, 2.75) is 56.7 Å². The maximum Gasteiger partial charge on any atom is 0.408 e. The molecule has 13 nitrogen and oxygen atoms in total. The van der Waals surface area contributed by atoms with Crippen LogP contribution < -0.4 is 15.0 Å². The number of nitrogens with one attached hydrogen (secondary N) is 2. The average Bonchev–Trinajstić information content (AvgIpc) is 3.47. The second kappa shape index (κ2) is 12.2. The molecule has 43 heavy (non-hydrogen) atoms. The quantitative estimate of drug-likeness (QED) is 0.403. The SMILES string of the molecule is CC(C)(C)OC(=O)N[C@H]1CS(=O)(=O)c2cc(F)c(-c3nn[nH]n3)cc2N(Cc2ccc(OCC3CCOCC3)cc2)C1=O. The number of carbonyl (C=O) groups is 2. The molecule has 5 rings (SSSR count). The lowest BCUT2D eigenvalue weighted by atomic mass is 10.0. The molecule has 230 valence electrons. The summed E-state index contributed by atoms with van der Waals surface area (Å²) in [5.74, 6) is -1.51. The van der Waals surface area contributed by atoms with E-state index >= 15 is 4.39 Å². The van der Waals surface area contributed by atoms with Gasteiger partial charge in [0.15, 0.2) is 9.84 Å². The molecule has 0 saturated carbocycles. The molecule has 1 fully saturated rings. The molecule has 2 N–H and O–H groups in total. The van der Waals surface area contributed by atoms with Crippen LogP contribution in [0.4, 0.5) is 14.9 Å². The molecule has 0 unspecified atom stereocenters. The predicted molar refractivity (Wildman–Crippen MR) is 151 cm³/mol.